The summed E-state index contributed by atoms with van der Waals surface area (Å²) in [6.07, 6.45) is 6.45. The molecule has 0 saturated heterocycles. The molecule has 0 aliphatic heterocycles. The Bertz CT molecular complexity index is 1780. The van der Waals surface area contributed by atoms with Gasteiger partial charge in [-0.1, -0.05) is 74.5 Å². The van der Waals surface area contributed by atoms with Gasteiger partial charge < -0.3 is 30.6 Å². The van der Waals surface area contributed by atoms with Crippen LogP contribution in [0.1, 0.15) is 71.0 Å². The number of aromatic nitrogens is 4. The zero-order valence-corrected chi connectivity index (χ0v) is 30.6. The predicted octanol–water partition coefficient (Wildman–Crippen LogP) is 6.37. The van der Waals surface area contributed by atoms with Gasteiger partial charge in [-0.05, 0) is 36.8 Å². The summed E-state index contributed by atoms with van der Waals surface area (Å²) in [5, 5.41) is 12.1. The van der Waals surface area contributed by atoms with Gasteiger partial charge in [0.25, 0.3) is 0 Å². The maximum atomic E-state index is 14.0. The van der Waals surface area contributed by atoms with Gasteiger partial charge in [-0.3, -0.25) is 9.78 Å². The number of alkyl carbamates (subject to hydrolysis) is 1. The first-order chi connectivity index (χ1) is 24.7. The highest BCUT2D eigenvalue weighted by Gasteiger charge is 2.29. The summed E-state index contributed by atoms with van der Waals surface area (Å²) < 4.78 is 5.49. The molecule has 0 bridgehead atoms. The average Bonchev–Trinajstić information content (AvgIpc) is 3.94. The molecular formula is C37H44N8O4S2. The van der Waals surface area contributed by atoms with Crippen LogP contribution in [0.5, 0.6) is 0 Å². The minimum absolute atomic E-state index is 0.138. The van der Waals surface area contributed by atoms with E-state index in [1.54, 1.807) is 36.3 Å². The molecule has 12 nitrogen and oxygen atoms in total. The third-order valence-electron chi connectivity index (χ3n) is 8.17. The van der Waals surface area contributed by atoms with Crippen molar-refractivity contribution in [3.05, 3.63) is 123 Å². The smallest absolute Gasteiger partial charge is 0.407 e. The van der Waals surface area contributed by atoms with Gasteiger partial charge in [0.1, 0.15) is 6.61 Å². The van der Waals surface area contributed by atoms with Crippen molar-refractivity contribution >= 4 is 40.7 Å². The van der Waals surface area contributed by atoms with E-state index in [0.29, 0.717) is 43.8 Å². The maximum Gasteiger partial charge on any atom is 0.407 e. The molecule has 14 heteroatoms. The van der Waals surface area contributed by atoms with Crippen LogP contribution in [-0.2, 0) is 35.5 Å². The van der Waals surface area contributed by atoms with Crippen LogP contribution in [0.2, 0.25) is 0 Å². The van der Waals surface area contributed by atoms with E-state index in [1.165, 1.54) is 22.6 Å². The van der Waals surface area contributed by atoms with Gasteiger partial charge >= 0.3 is 12.1 Å². The number of carbonyl (C=O) groups excluding carboxylic acids is 3. The molecule has 51 heavy (non-hydrogen) atoms. The first-order valence-electron chi connectivity index (χ1n) is 16.9. The second kappa shape index (κ2) is 18.8. The highest BCUT2D eigenvalue weighted by Crippen LogP contribution is 2.21. The van der Waals surface area contributed by atoms with Gasteiger partial charge in [0.15, 0.2) is 6.04 Å². The van der Waals surface area contributed by atoms with E-state index in [-0.39, 0.29) is 18.7 Å². The zero-order valence-electron chi connectivity index (χ0n) is 29.0. The molecule has 5 aromatic rings. The van der Waals surface area contributed by atoms with Crippen LogP contribution in [0.3, 0.4) is 0 Å². The molecule has 0 spiro atoms. The molecule has 0 saturated carbocycles. The lowest BCUT2D eigenvalue weighted by Crippen LogP contribution is -2.48. The Hall–Kier alpha value is -5.08. The van der Waals surface area contributed by atoms with Gasteiger partial charge in [0.05, 0.1) is 39.7 Å². The number of hydrogen-bond acceptors (Lipinski definition) is 9. The largest absolute Gasteiger partial charge is 0.444 e. The zero-order chi connectivity index (χ0) is 36.0. The fourth-order valence-electron chi connectivity index (χ4n) is 5.51. The fraction of sp³-hybridized carbons (Fsp3) is 0.351. The number of rotatable bonds is 17. The van der Waals surface area contributed by atoms with Crippen molar-refractivity contribution in [1.82, 2.24) is 40.8 Å². The second-order valence-electron chi connectivity index (χ2n) is 12.6. The number of thiazole rings is 2. The van der Waals surface area contributed by atoms with Crippen LogP contribution >= 0.6 is 22.7 Å². The Morgan fingerprint density at radius 1 is 0.902 bits per heavy atom. The summed E-state index contributed by atoms with van der Waals surface area (Å²) in [5.41, 5.74) is 4.98. The normalized spacial score (nSPS) is 12.9. The van der Waals surface area contributed by atoms with Crippen molar-refractivity contribution in [2.24, 2.45) is 0 Å². The second-order valence-corrected chi connectivity index (χ2v) is 14.5. The number of hydrogen-bond donors (Lipinski definition) is 4. The lowest BCUT2D eigenvalue weighted by atomic mass is 9.95. The van der Waals surface area contributed by atoms with Crippen LogP contribution in [0.15, 0.2) is 90.3 Å². The van der Waals surface area contributed by atoms with Gasteiger partial charge in [0, 0.05) is 42.8 Å². The van der Waals surface area contributed by atoms with Crippen LogP contribution in [-0.4, -0.2) is 62.0 Å². The van der Waals surface area contributed by atoms with Gasteiger partial charge in [-0.2, -0.15) is 0 Å². The number of imidazole rings is 1. The topological polar surface area (TPSA) is 154 Å². The molecule has 3 heterocycles. The molecule has 0 aliphatic carbocycles. The van der Waals surface area contributed by atoms with E-state index < -0.39 is 24.1 Å². The Morgan fingerprint density at radius 2 is 1.57 bits per heavy atom. The summed E-state index contributed by atoms with van der Waals surface area (Å²) in [4.78, 5) is 58.6. The molecule has 1 unspecified atom stereocenters. The molecular weight excluding hydrogens is 685 g/mol. The summed E-state index contributed by atoms with van der Waals surface area (Å²) in [7, 11) is 1.67. The quantitative estimate of drug-likeness (QED) is 0.0867. The summed E-state index contributed by atoms with van der Waals surface area (Å²) in [5.74, 6) is -0.0936. The molecule has 3 aromatic heterocycles. The number of urea groups is 1. The molecule has 268 valence electrons. The van der Waals surface area contributed by atoms with Crippen LogP contribution < -0.4 is 16.0 Å². The van der Waals surface area contributed by atoms with Gasteiger partial charge in [0.2, 0.25) is 5.91 Å². The predicted molar refractivity (Wildman–Crippen MR) is 198 cm³/mol. The molecule has 0 aliphatic rings. The van der Waals surface area contributed by atoms with Gasteiger partial charge in [-0.15, -0.1) is 22.7 Å². The van der Waals surface area contributed by atoms with Crippen molar-refractivity contribution in [2.45, 2.75) is 76.7 Å². The molecule has 0 fully saturated rings. The van der Waals surface area contributed by atoms with Crippen molar-refractivity contribution in [3.8, 4) is 0 Å². The number of ether oxygens (including phenoxy) is 1. The van der Waals surface area contributed by atoms with E-state index in [0.717, 1.165) is 26.7 Å². The minimum atomic E-state index is -1.05. The number of aromatic amines is 1. The number of amides is 4. The third-order valence-corrected chi connectivity index (χ3v) is 10.1. The lowest BCUT2D eigenvalue weighted by Gasteiger charge is -2.26. The summed E-state index contributed by atoms with van der Waals surface area (Å²) in [6.45, 7) is 4.59. The fourth-order valence-corrected chi connectivity index (χ4v) is 6.84. The van der Waals surface area contributed by atoms with Crippen molar-refractivity contribution in [1.29, 1.82) is 0 Å². The number of nitrogens with one attached hydrogen (secondary N) is 4. The molecule has 3 atom stereocenters. The number of carbonyl (C=O) groups is 3. The molecule has 5 rings (SSSR count). The van der Waals surface area contributed by atoms with Crippen molar-refractivity contribution in [2.75, 3.05) is 7.05 Å². The lowest BCUT2D eigenvalue weighted by molar-refractivity contribution is -0.124. The Morgan fingerprint density at radius 3 is 2.14 bits per heavy atom. The standard InChI is InChI=1S/C37H44N8O4S2/c1-25(2)35-42-30(22-50-35)20-45(3)36(47)44-33(32-19-38-23-40-32)34(46)41-28(16-26-10-6-4-7-11-26)14-15-29(17-27-12-8-5-9-13-27)43-37(48)49-21-31-18-39-24-51-31/h4-13,18-19,22-25,28-29,33H,14-17,20-21H2,1-3H3,(H,38,40)(H,41,46)(H,43,48)(H,44,47)/t28-,29-,33?/m1/s1. The Balaban J connectivity index is 1.28. The molecule has 4 amide bonds. The van der Waals surface area contributed by atoms with Crippen LogP contribution in [0, 0.1) is 0 Å². The monoisotopic (exact) mass is 728 g/mol. The van der Waals surface area contributed by atoms with Gasteiger partial charge in [-0.25, -0.2) is 19.6 Å². The highest BCUT2D eigenvalue weighted by atomic mass is 32.1. The van der Waals surface area contributed by atoms with E-state index in [2.05, 4.69) is 49.7 Å². The number of H-pyrrole nitrogens is 1. The SMILES string of the molecule is CC(C)c1nc(CN(C)C(=O)NC(C(=O)N[C@H](CC[C@H](Cc2ccccc2)NC(=O)OCc2cncs2)Cc2ccccc2)c2c[nH]cn2)cs1. The van der Waals surface area contributed by atoms with E-state index >= 15 is 0 Å². The van der Waals surface area contributed by atoms with Crippen molar-refractivity contribution in [3.63, 3.8) is 0 Å². The average molecular weight is 729 g/mol. The third kappa shape index (κ3) is 11.7. The number of benzene rings is 2. The van der Waals surface area contributed by atoms with Crippen LogP contribution in [0.25, 0.3) is 0 Å². The first-order valence-corrected chi connectivity index (χ1v) is 18.6. The minimum Gasteiger partial charge on any atom is -0.444 e. The van der Waals surface area contributed by atoms with Crippen molar-refractivity contribution < 1.29 is 19.1 Å². The summed E-state index contributed by atoms with van der Waals surface area (Å²) >= 11 is 2.99. The van der Waals surface area contributed by atoms with E-state index in [4.69, 9.17) is 4.74 Å². The first kappa shape index (κ1) is 37.2. The maximum absolute atomic E-state index is 14.0. The molecule has 2 aromatic carbocycles. The summed E-state index contributed by atoms with van der Waals surface area (Å²) in [6, 6.07) is 17.7. The Labute approximate surface area is 306 Å². The van der Waals surface area contributed by atoms with E-state index in [9.17, 15) is 14.4 Å². The highest BCUT2D eigenvalue weighted by molar-refractivity contribution is 7.09. The Kier molecular flexibility index (Phi) is 13.7. The van der Waals surface area contributed by atoms with Crippen LogP contribution in [0.4, 0.5) is 9.59 Å². The van der Waals surface area contributed by atoms with E-state index in [1.807, 2.05) is 66.0 Å². The molecule has 4 N–H and O–H groups in total. The molecule has 0 radical (unpaired) electrons. The number of nitrogens with zero attached hydrogens (tertiary/aromatic N) is 4.